The predicted molar refractivity (Wildman–Crippen MR) is 86.2 cm³/mol. The van der Waals surface area contributed by atoms with Crippen molar-refractivity contribution in [3.05, 3.63) is 29.3 Å². The summed E-state index contributed by atoms with van der Waals surface area (Å²) in [5, 5.41) is 6.31. The Morgan fingerprint density at radius 2 is 1.95 bits per heavy atom. The summed E-state index contributed by atoms with van der Waals surface area (Å²) >= 11 is 0. The number of aryl methyl sites for hydroxylation is 2. The Balaban J connectivity index is 0.00000161. The molecule has 0 unspecified atom stereocenters. The molecule has 0 radical (unpaired) electrons. The molecule has 1 aliphatic heterocycles. The molecule has 116 valence electrons. The molecule has 0 bridgehead atoms. The molecule has 2 aliphatic rings. The van der Waals surface area contributed by atoms with Gasteiger partial charge >= 0.3 is 0 Å². The number of anilines is 1. The number of rotatable bonds is 3. The third-order valence-electron chi connectivity index (χ3n) is 4.57. The minimum Gasteiger partial charge on any atom is -0.368 e. The van der Waals surface area contributed by atoms with E-state index in [1.165, 1.54) is 17.5 Å². The first kappa shape index (κ1) is 16.3. The normalized spacial score (nSPS) is 19.5. The minimum atomic E-state index is -0.676. The van der Waals surface area contributed by atoms with E-state index >= 15 is 0 Å². The van der Waals surface area contributed by atoms with Crippen LogP contribution in [0.25, 0.3) is 0 Å². The Morgan fingerprint density at radius 3 is 2.67 bits per heavy atom. The Labute approximate surface area is 132 Å². The second-order valence-corrected chi connectivity index (χ2v) is 5.74. The summed E-state index contributed by atoms with van der Waals surface area (Å²) in [6.07, 6.45) is 4.95. The molecule has 0 atom stereocenters. The largest absolute Gasteiger partial charge is 0.368 e. The summed E-state index contributed by atoms with van der Waals surface area (Å²) in [6.45, 7) is 1.65. The highest BCUT2D eigenvalue weighted by Gasteiger charge is 2.39. The highest BCUT2D eigenvalue weighted by Crippen LogP contribution is 2.27. The van der Waals surface area contributed by atoms with Crippen molar-refractivity contribution in [2.24, 2.45) is 0 Å². The zero-order valence-electron chi connectivity index (χ0n) is 12.4. The van der Waals surface area contributed by atoms with Crippen LogP contribution >= 0.6 is 12.4 Å². The van der Waals surface area contributed by atoms with Gasteiger partial charge in [-0.25, -0.2) is 0 Å². The summed E-state index contributed by atoms with van der Waals surface area (Å²) in [6, 6.07) is 6.26. The van der Waals surface area contributed by atoms with Gasteiger partial charge in [0.25, 0.3) is 5.91 Å². The molecule has 1 fully saturated rings. The number of carbonyl (C=O) groups is 1. The van der Waals surface area contributed by atoms with Crippen molar-refractivity contribution in [3.63, 3.8) is 0 Å². The number of nitrogens with one attached hydrogen (secondary N) is 2. The van der Waals surface area contributed by atoms with Crippen LogP contribution in [-0.2, 0) is 22.4 Å². The van der Waals surface area contributed by atoms with Gasteiger partial charge in [0.05, 0.1) is 0 Å². The van der Waals surface area contributed by atoms with E-state index in [1.54, 1.807) is 7.11 Å². The summed E-state index contributed by atoms with van der Waals surface area (Å²) in [4.78, 5) is 12.6. The molecule has 1 aromatic rings. The number of carbonyl (C=O) groups excluding carboxylic acids is 1. The maximum absolute atomic E-state index is 12.6. The van der Waals surface area contributed by atoms with Crippen molar-refractivity contribution in [2.45, 2.75) is 37.7 Å². The van der Waals surface area contributed by atoms with Crippen LogP contribution in [0, 0.1) is 0 Å². The molecular weight excluding hydrogens is 288 g/mol. The Morgan fingerprint density at radius 1 is 1.24 bits per heavy atom. The summed E-state index contributed by atoms with van der Waals surface area (Å²) in [5.74, 6) is -0.0144. The Bertz CT molecular complexity index is 513. The van der Waals surface area contributed by atoms with Gasteiger partial charge in [-0.1, -0.05) is 6.07 Å². The van der Waals surface area contributed by atoms with E-state index in [0.29, 0.717) is 0 Å². The predicted octanol–water partition coefficient (Wildman–Crippen LogP) is 2.30. The molecule has 1 heterocycles. The van der Waals surface area contributed by atoms with Gasteiger partial charge in [0.1, 0.15) is 5.60 Å². The van der Waals surface area contributed by atoms with Crippen molar-refractivity contribution in [1.29, 1.82) is 0 Å². The molecule has 21 heavy (non-hydrogen) atoms. The van der Waals surface area contributed by atoms with Gasteiger partial charge in [-0.2, -0.15) is 0 Å². The van der Waals surface area contributed by atoms with E-state index in [9.17, 15) is 4.79 Å². The van der Waals surface area contributed by atoms with Crippen LogP contribution in [0.5, 0.6) is 0 Å². The van der Waals surface area contributed by atoms with Crippen molar-refractivity contribution in [1.82, 2.24) is 5.32 Å². The highest BCUT2D eigenvalue weighted by atomic mass is 35.5. The lowest BCUT2D eigenvalue weighted by atomic mass is 9.91. The molecule has 0 saturated carbocycles. The summed E-state index contributed by atoms with van der Waals surface area (Å²) < 4.78 is 5.55. The topological polar surface area (TPSA) is 50.4 Å². The van der Waals surface area contributed by atoms with Crippen LogP contribution in [-0.4, -0.2) is 31.7 Å². The summed E-state index contributed by atoms with van der Waals surface area (Å²) in [7, 11) is 1.63. The number of benzene rings is 1. The Kier molecular flexibility index (Phi) is 5.25. The number of methoxy groups -OCH3 is 1. The summed E-state index contributed by atoms with van der Waals surface area (Å²) in [5.41, 5.74) is 3.01. The highest BCUT2D eigenvalue weighted by molar-refractivity contribution is 5.97. The fourth-order valence-corrected chi connectivity index (χ4v) is 3.25. The van der Waals surface area contributed by atoms with Crippen LogP contribution in [0.2, 0.25) is 0 Å². The fourth-order valence-electron chi connectivity index (χ4n) is 3.25. The first-order valence-electron chi connectivity index (χ1n) is 7.43. The van der Waals surface area contributed by atoms with Crippen molar-refractivity contribution >= 4 is 24.0 Å². The van der Waals surface area contributed by atoms with Crippen LogP contribution < -0.4 is 10.6 Å². The van der Waals surface area contributed by atoms with Gasteiger partial charge in [0.2, 0.25) is 0 Å². The molecule has 0 aromatic heterocycles. The first-order chi connectivity index (χ1) is 9.73. The van der Waals surface area contributed by atoms with Crippen molar-refractivity contribution in [3.8, 4) is 0 Å². The Hall–Kier alpha value is -1.10. The van der Waals surface area contributed by atoms with Gasteiger partial charge in [-0.15, -0.1) is 12.4 Å². The third-order valence-corrected chi connectivity index (χ3v) is 4.57. The standard InChI is InChI=1S/C16H22N2O2.ClH/c1-20-16(7-9-17-10-8-16)15(19)18-14-6-5-12-3-2-4-13(12)11-14;/h5-6,11,17H,2-4,7-10H2,1H3,(H,18,19);1H. The maximum atomic E-state index is 12.6. The van der Waals surface area contributed by atoms with E-state index in [-0.39, 0.29) is 18.3 Å². The van der Waals surface area contributed by atoms with Crippen LogP contribution in [0.1, 0.15) is 30.4 Å². The number of hydrogen-bond acceptors (Lipinski definition) is 3. The minimum absolute atomic E-state index is 0. The second kappa shape index (κ2) is 6.77. The van der Waals surface area contributed by atoms with Crippen LogP contribution in [0.3, 0.4) is 0 Å². The maximum Gasteiger partial charge on any atom is 0.256 e. The van der Waals surface area contributed by atoms with E-state index in [4.69, 9.17) is 4.74 Å². The second-order valence-electron chi connectivity index (χ2n) is 5.74. The smallest absolute Gasteiger partial charge is 0.256 e. The molecule has 1 aromatic carbocycles. The lowest BCUT2D eigenvalue weighted by molar-refractivity contribution is -0.140. The zero-order chi connectivity index (χ0) is 14.0. The van der Waals surface area contributed by atoms with Gasteiger partial charge < -0.3 is 15.4 Å². The number of hydrogen-bond donors (Lipinski definition) is 2. The van der Waals surface area contributed by atoms with Gasteiger partial charge in [0.15, 0.2) is 0 Å². The molecule has 1 saturated heterocycles. The molecule has 4 nitrogen and oxygen atoms in total. The molecule has 5 heteroatoms. The number of halogens is 1. The van der Waals surface area contributed by atoms with Gasteiger partial charge in [-0.3, -0.25) is 4.79 Å². The number of amides is 1. The average molecular weight is 311 g/mol. The van der Waals surface area contributed by atoms with Gasteiger partial charge in [0, 0.05) is 12.8 Å². The lowest BCUT2D eigenvalue weighted by Gasteiger charge is -2.34. The van der Waals surface area contributed by atoms with Gasteiger partial charge in [-0.05, 0) is 68.5 Å². The average Bonchev–Trinajstić information content (AvgIpc) is 2.95. The first-order valence-corrected chi connectivity index (χ1v) is 7.43. The van der Waals surface area contributed by atoms with Crippen LogP contribution in [0.15, 0.2) is 18.2 Å². The molecule has 1 amide bonds. The molecular formula is C16H23ClN2O2. The number of ether oxygens (including phenoxy) is 1. The quantitative estimate of drug-likeness (QED) is 0.901. The molecule has 0 spiro atoms. The molecule has 1 aliphatic carbocycles. The van der Waals surface area contributed by atoms with Crippen molar-refractivity contribution in [2.75, 3.05) is 25.5 Å². The SMILES string of the molecule is COC1(C(=O)Nc2ccc3c(c2)CCC3)CCNCC1.Cl. The molecule has 3 rings (SSSR count). The fraction of sp³-hybridized carbons (Fsp3) is 0.562. The van der Waals surface area contributed by atoms with E-state index in [0.717, 1.165) is 44.5 Å². The van der Waals surface area contributed by atoms with Crippen LogP contribution in [0.4, 0.5) is 5.69 Å². The van der Waals surface area contributed by atoms with E-state index in [2.05, 4.69) is 22.8 Å². The lowest BCUT2D eigenvalue weighted by Crippen LogP contribution is -2.51. The van der Waals surface area contributed by atoms with Crippen molar-refractivity contribution < 1.29 is 9.53 Å². The zero-order valence-corrected chi connectivity index (χ0v) is 13.2. The number of piperidine rings is 1. The molecule has 2 N–H and O–H groups in total. The van der Waals surface area contributed by atoms with E-state index < -0.39 is 5.60 Å². The monoisotopic (exact) mass is 310 g/mol. The third kappa shape index (κ3) is 3.23. The van der Waals surface area contributed by atoms with E-state index in [1.807, 2.05) is 6.07 Å². The number of fused-ring (bicyclic) bond motifs is 1.